The summed E-state index contributed by atoms with van der Waals surface area (Å²) in [5.74, 6) is 1.48. The van der Waals surface area contributed by atoms with Gasteiger partial charge in [0.25, 0.3) is 0 Å². The molecule has 1 aromatic rings. The Morgan fingerprint density at radius 1 is 1.21 bits per heavy atom. The van der Waals surface area contributed by atoms with Crippen LogP contribution in [-0.2, 0) is 5.54 Å². The fourth-order valence-electron chi connectivity index (χ4n) is 2.76. The zero-order valence-corrected chi connectivity index (χ0v) is 12.0. The maximum absolute atomic E-state index is 6.35. The standard InChI is InChI=1S/C15H20ClNO2/c1-18-13-8-11(15(17)6-7-15)12(16)9-14(13)19-10-4-2-3-5-10/h8-10H,2-7,17H2,1H3. The molecule has 0 aromatic heterocycles. The molecule has 2 saturated carbocycles. The van der Waals surface area contributed by atoms with E-state index in [1.807, 2.05) is 12.1 Å². The van der Waals surface area contributed by atoms with E-state index in [2.05, 4.69) is 0 Å². The van der Waals surface area contributed by atoms with E-state index in [0.29, 0.717) is 11.1 Å². The van der Waals surface area contributed by atoms with E-state index < -0.39 is 0 Å². The molecule has 2 N–H and O–H groups in total. The van der Waals surface area contributed by atoms with Gasteiger partial charge in [-0.25, -0.2) is 0 Å². The van der Waals surface area contributed by atoms with Crippen molar-refractivity contribution >= 4 is 11.6 Å². The molecule has 3 rings (SSSR count). The van der Waals surface area contributed by atoms with E-state index in [9.17, 15) is 0 Å². The number of hydrogen-bond donors (Lipinski definition) is 1. The lowest BCUT2D eigenvalue weighted by Gasteiger charge is -2.19. The van der Waals surface area contributed by atoms with Crippen LogP contribution in [0.15, 0.2) is 12.1 Å². The van der Waals surface area contributed by atoms with Gasteiger partial charge < -0.3 is 15.2 Å². The maximum Gasteiger partial charge on any atom is 0.163 e. The van der Waals surface area contributed by atoms with Gasteiger partial charge in [0.2, 0.25) is 0 Å². The highest BCUT2D eigenvalue weighted by molar-refractivity contribution is 6.31. The van der Waals surface area contributed by atoms with Crippen LogP contribution in [-0.4, -0.2) is 13.2 Å². The van der Waals surface area contributed by atoms with E-state index in [4.69, 9.17) is 26.8 Å². The lowest BCUT2D eigenvalue weighted by Crippen LogP contribution is -2.19. The number of hydrogen-bond acceptors (Lipinski definition) is 3. The number of methoxy groups -OCH3 is 1. The number of ether oxygens (including phenoxy) is 2. The molecule has 0 aliphatic heterocycles. The van der Waals surface area contributed by atoms with E-state index in [1.165, 1.54) is 12.8 Å². The summed E-state index contributed by atoms with van der Waals surface area (Å²) >= 11 is 6.35. The number of rotatable bonds is 4. The van der Waals surface area contributed by atoms with Gasteiger partial charge in [-0.2, -0.15) is 0 Å². The van der Waals surface area contributed by atoms with Gasteiger partial charge in [-0.05, 0) is 50.2 Å². The summed E-state index contributed by atoms with van der Waals surface area (Å²) in [4.78, 5) is 0. The van der Waals surface area contributed by atoms with Crippen LogP contribution in [0.3, 0.4) is 0 Å². The van der Waals surface area contributed by atoms with Gasteiger partial charge in [0.05, 0.1) is 13.2 Å². The third-order valence-electron chi connectivity index (χ3n) is 4.17. The minimum atomic E-state index is -0.254. The summed E-state index contributed by atoms with van der Waals surface area (Å²) in [6.45, 7) is 0. The van der Waals surface area contributed by atoms with Crippen LogP contribution in [0.2, 0.25) is 5.02 Å². The molecule has 2 aliphatic rings. The molecule has 0 radical (unpaired) electrons. The molecule has 0 bridgehead atoms. The predicted molar refractivity (Wildman–Crippen MR) is 76.0 cm³/mol. The molecule has 2 aliphatic carbocycles. The zero-order valence-electron chi connectivity index (χ0n) is 11.2. The first kappa shape index (κ1) is 13.1. The highest BCUT2D eigenvalue weighted by Gasteiger charge is 2.42. The van der Waals surface area contributed by atoms with Crippen molar-refractivity contribution < 1.29 is 9.47 Å². The van der Waals surface area contributed by atoms with Crippen molar-refractivity contribution in [1.29, 1.82) is 0 Å². The molecule has 2 fully saturated rings. The van der Waals surface area contributed by atoms with Crippen molar-refractivity contribution in [3.05, 3.63) is 22.7 Å². The van der Waals surface area contributed by atoms with E-state index in [1.54, 1.807) is 7.11 Å². The fraction of sp³-hybridized carbons (Fsp3) is 0.600. The molecular weight excluding hydrogens is 262 g/mol. The Morgan fingerprint density at radius 2 is 1.89 bits per heavy atom. The smallest absolute Gasteiger partial charge is 0.163 e. The molecule has 0 unspecified atom stereocenters. The van der Waals surface area contributed by atoms with E-state index in [-0.39, 0.29) is 5.54 Å². The minimum absolute atomic E-state index is 0.254. The Balaban J connectivity index is 1.88. The maximum atomic E-state index is 6.35. The van der Waals surface area contributed by atoms with Crippen LogP contribution >= 0.6 is 11.6 Å². The average molecular weight is 282 g/mol. The van der Waals surface area contributed by atoms with Crippen molar-refractivity contribution in [3.8, 4) is 11.5 Å². The summed E-state index contributed by atoms with van der Waals surface area (Å²) in [5, 5.41) is 0.689. The Morgan fingerprint density at radius 3 is 2.47 bits per heavy atom. The zero-order chi connectivity index (χ0) is 13.5. The first-order valence-corrected chi connectivity index (χ1v) is 7.34. The molecule has 0 saturated heterocycles. The van der Waals surface area contributed by atoms with E-state index in [0.717, 1.165) is 42.7 Å². The molecule has 0 heterocycles. The first-order chi connectivity index (χ1) is 9.12. The van der Waals surface area contributed by atoms with Gasteiger partial charge >= 0.3 is 0 Å². The largest absolute Gasteiger partial charge is 0.493 e. The molecule has 19 heavy (non-hydrogen) atoms. The normalized spacial score (nSPS) is 21.4. The van der Waals surface area contributed by atoms with Gasteiger partial charge in [-0.1, -0.05) is 11.6 Å². The minimum Gasteiger partial charge on any atom is -0.493 e. The molecule has 0 atom stereocenters. The Kier molecular flexibility index (Phi) is 3.35. The third-order valence-corrected chi connectivity index (χ3v) is 4.49. The quantitative estimate of drug-likeness (QED) is 0.917. The van der Waals surface area contributed by atoms with Gasteiger partial charge in [-0.3, -0.25) is 0 Å². The van der Waals surface area contributed by atoms with Gasteiger partial charge in [0, 0.05) is 16.6 Å². The molecule has 1 aromatic carbocycles. The summed E-state index contributed by atoms with van der Waals surface area (Å²) in [6.07, 6.45) is 6.98. The summed E-state index contributed by atoms with van der Waals surface area (Å²) in [5.41, 5.74) is 6.95. The molecular formula is C15H20ClNO2. The second-order valence-corrected chi connectivity index (χ2v) is 6.07. The summed E-state index contributed by atoms with van der Waals surface area (Å²) < 4.78 is 11.5. The van der Waals surface area contributed by atoms with Crippen LogP contribution in [0, 0.1) is 0 Å². The fourth-order valence-corrected chi connectivity index (χ4v) is 3.10. The highest BCUT2D eigenvalue weighted by atomic mass is 35.5. The second kappa shape index (κ2) is 4.88. The highest BCUT2D eigenvalue weighted by Crippen LogP contribution is 2.48. The van der Waals surface area contributed by atoms with Crippen LogP contribution in [0.25, 0.3) is 0 Å². The van der Waals surface area contributed by atoms with E-state index >= 15 is 0 Å². The molecule has 0 amide bonds. The molecule has 0 spiro atoms. The summed E-state index contributed by atoms with van der Waals surface area (Å²) in [7, 11) is 1.66. The number of nitrogens with two attached hydrogens (primary N) is 1. The predicted octanol–water partition coefficient (Wildman–Crippen LogP) is 3.62. The van der Waals surface area contributed by atoms with Crippen molar-refractivity contribution in [3.63, 3.8) is 0 Å². The second-order valence-electron chi connectivity index (χ2n) is 5.66. The monoisotopic (exact) mass is 281 g/mol. The molecule has 3 nitrogen and oxygen atoms in total. The van der Waals surface area contributed by atoms with Gasteiger partial charge in [-0.15, -0.1) is 0 Å². The van der Waals surface area contributed by atoms with Crippen molar-refractivity contribution in [2.45, 2.75) is 50.2 Å². The third kappa shape index (κ3) is 2.54. The Bertz CT molecular complexity index is 479. The van der Waals surface area contributed by atoms with Gasteiger partial charge in [0.15, 0.2) is 11.5 Å². The lowest BCUT2D eigenvalue weighted by molar-refractivity contribution is 0.200. The van der Waals surface area contributed by atoms with Gasteiger partial charge in [0.1, 0.15) is 0 Å². The van der Waals surface area contributed by atoms with Crippen molar-refractivity contribution in [2.24, 2.45) is 5.73 Å². The number of benzene rings is 1. The van der Waals surface area contributed by atoms with Crippen LogP contribution in [0.4, 0.5) is 0 Å². The summed E-state index contributed by atoms with van der Waals surface area (Å²) in [6, 6.07) is 3.81. The average Bonchev–Trinajstić information content (AvgIpc) is 2.92. The number of halogens is 1. The Hall–Kier alpha value is -0.930. The molecule has 4 heteroatoms. The topological polar surface area (TPSA) is 44.5 Å². The Labute approximate surface area is 119 Å². The lowest BCUT2D eigenvalue weighted by atomic mass is 10.0. The van der Waals surface area contributed by atoms with Crippen LogP contribution in [0.1, 0.15) is 44.1 Å². The first-order valence-electron chi connectivity index (χ1n) is 6.96. The SMILES string of the molecule is COc1cc(C2(N)CC2)c(Cl)cc1OC1CCCC1. The van der Waals surface area contributed by atoms with Crippen molar-refractivity contribution in [2.75, 3.05) is 7.11 Å². The van der Waals surface area contributed by atoms with Crippen molar-refractivity contribution in [1.82, 2.24) is 0 Å². The molecule has 104 valence electrons. The van der Waals surface area contributed by atoms with Crippen LogP contribution < -0.4 is 15.2 Å². The van der Waals surface area contributed by atoms with Crippen LogP contribution in [0.5, 0.6) is 11.5 Å².